The van der Waals surface area contributed by atoms with Crippen molar-refractivity contribution in [3.63, 3.8) is 0 Å². The molecule has 1 fully saturated rings. The summed E-state index contributed by atoms with van der Waals surface area (Å²) >= 11 is 0. The molecular formula is C31H25F9N4O3. The van der Waals surface area contributed by atoms with Crippen molar-refractivity contribution < 1.29 is 54.2 Å². The number of rotatable bonds is 9. The van der Waals surface area contributed by atoms with Crippen LogP contribution in [0.1, 0.15) is 51.5 Å². The Labute approximate surface area is 261 Å². The fraction of sp³-hybridized carbons (Fsp3) is 0.323. The molecule has 1 atom stereocenters. The number of carboxylic acids is 1. The molecule has 4 aromatic rings. The molecule has 0 bridgehead atoms. The van der Waals surface area contributed by atoms with Gasteiger partial charge in [0.05, 0.1) is 23.9 Å². The van der Waals surface area contributed by atoms with Crippen LogP contribution in [0.5, 0.6) is 5.75 Å². The zero-order chi connectivity index (χ0) is 34.1. The third-order valence-electron chi connectivity index (χ3n) is 7.63. The van der Waals surface area contributed by atoms with E-state index in [4.69, 9.17) is 4.74 Å². The number of likely N-dealkylation sites (tertiary alicyclic amines) is 1. The molecule has 0 spiro atoms. The van der Waals surface area contributed by atoms with Crippen LogP contribution in [-0.2, 0) is 19.0 Å². The van der Waals surface area contributed by atoms with E-state index in [-0.39, 0.29) is 35.0 Å². The number of carboxylic acid groups (broad SMARTS) is 1. The second kappa shape index (κ2) is 12.9. The number of benzene rings is 2. The largest absolute Gasteiger partial charge is 0.488 e. The van der Waals surface area contributed by atoms with Gasteiger partial charge in [0.15, 0.2) is 11.5 Å². The van der Waals surface area contributed by atoms with Crippen molar-refractivity contribution in [2.24, 2.45) is 0 Å². The number of aromatic carboxylic acids is 1. The van der Waals surface area contributed by atoms with Crippen molar-refractivity contribution in [2.45, 2.75) is 43.9 Å². The smallest absolute Gasteiger partial charge is 0.434 e. The van der Waals surface area contributed by atoms with Crippen LogP contribution in [0, 0.1) is 0 Å². The van der Waals surface area contributed by atoms with Gasteiger partial charge >= 0.3 is 24.5 Å². The van der Waals surface area contributed by atoms with Crippen LogP contribution in [0.25, 0.3) is 17.1 Å². The summed E-state index contributed by atoms with van der Waals surface area (Å²) in [5.74, 6) is -3.02. The number of halogens is 9. The predicted molar refractivity (Wildman–Crippen MR) is 149 cm³/mol. The number of para-hydroxylation sites is 1. The molecule has 0 unspecified atom stereocenters. The highest BCUT2D eigenvalue weighted by atomic mass is 19.4. The molecule has 1 saturated heterocycles. The highest BCUT2D eigenvalue weighted by molar-refractivity contribution is 5.89. The van der Waals surface area contributed by atoms with Gasteiger partial charge in [0.2, 0.25) is 0 Å². The number of hydrogen-bond acceptors (Lipinski definition) is 5. The van der Waals surface area contributed by atoms with Crippen LogP contribution in [-0.4, -0.2) is 56.6 Å². The first-order chi connectivity index (χ1) is 22.0. The number of ether oxygens (including phenoxy) is 1. The average molecular weight is 673 g/mol. The zero-order valence-electron chi connectivity index (χ0n) is 24.1. The van der Waals surface area contributed by atoms with E-state index in [2.05, 4.69) is 10.1 Å². The first-order valence-corrected chi connectivity index (χ1v) is 14.1. The molecule has 250 valence electrons. The van der Waals surface area contributed by atoms with Gasteiger partial charge in [-0.05, 0) is 54.3 Å². The molecular weight excluding hydrogens is 647 g/mol. The topological polar surface area (TPSA) is 80.5 Å². The highest BCUT2D eigenvalue weighted by Gasteiger charge is 2.41. The quantitative estimate of drug-likeness (QED) is 0.182. The molecule has 3 heterocycles. The number of nitrogens with zero attached hydrogens (tertiary/aromatic N) is 4. The van der Waals surface area contributed by atoms with Crippen molar-refractivity contribution in [2.75, 3.05) is 19.6 Å². The van der Waals surface area contributed by atoms with Crippen LogP contribution in [0.3, 0.4) is 0 Å². The molecule has 16 heteroatoms. The third kappa shape index (κ3) is 7.86. The summed E-state index contributed by atoms with van der Waals surface area (Å²) in [5, 5.41) is 12.7. The van der Waals surface area contributed by atoms with Crippen molar-refractivity contribution in [3.05, 3.63) is 94.8 Å². The number of carbonyl (C=O) groups is 1. The Hall–Kier alpha value is -4.60. The average Bonchev–Trinajstić information content (AvgIpc) is 3.67. The van der Waals surface area contributed by atoms with E-state index in [0.717, 1.165) is 23.8 Å². The summed E-state index contributed by atoms with van der Waals surface area (Å²) in [6.45, 7) is 0.526. The summed E-state index contributed by atoms with van der Waals surface area (Å²) in [5.41, 5.74) is -2.96. The number of pyridine rings is 1. The number of aromatic nitrogens is 3. The van der Waals surface area contributed by atoms with E-state index < -0.39 is 59.3 Å². The Bertz CT molecular complexity index is 1730. The van der Waals surface area contributed by atoms with Gasteiger partial charge in [0.25, 0.3) is 0 Å². The molecule has 2 aromatic heterocycles. The molecule has 1 N–H and O–H groups in total. The van der Waals surface area contributed by atoms with Gasteiger partial charge in [-0.1, -0.05) is 36.4 Å². The summed E-state index contributed by atoms with van der Waals surface area (Å²) in [4.78, 5) is 17.2. The molecule has 0 amide bonds. The first-order valence-electron chi connectivity index (χ1n) is 14.1. The van der Waals surface area contributed by atoms with Gasteiger partial charge in [-0.3, -0.25) is 0 Å². The lowest BCUT2D eigenvalue weighted by Gasteiger charge is -2.19. The fourth-order valence-corrected chi connectivity index (χ4v) is 5.39. The second-order valence-corrected chi connectivity index (χ2v) is 10.9. The Morgan fingerprint density at radius 3 is 2.26 bits per heavy atom. The Morgan fingerprint density at radius 1 is 0.915 bits per heavy atom. The van der Waals surface area contributed by atoms with Gasteiger partial charge in [0, 0.05) is 18.7 Å². The van der Waals surface area contributed by atoms with Gasteiger partial charge < -0.3 is 14.7 Å². The van der Waals surface area contributed by atoms with Crippen molar-refractivity contribution in [3.8, 4) is 22.8 Å². The summed E-state index contributed by atoms with van der Waals surface area (Å²) in [6.07, 6.45) is -14.0. The standard InChI is InChI=1S/C31H25F9N4O3/c32-29(33,34)12-14-43-13-11-20(16-43)19-9-7-18(8-10-19)17-47-26-21(3-1-4-23(26)30(35,36)37)24-5-2-6-25(42-24)44-27(31(38,39)40)22(15-41-44)28(45)46/h1-10,15,20H,11-14,16-17H2,(H,45,46)/t20-/m1/s1. The summed E-state index contributed by atoms with van der Waals surface area (Å²) in [6, 6.07) is 13.5. The molecule has 0 radical (unpaired) electrons. The molecule has 47 heavy (non-hydrogen) atoms. The predicted octanol–water partition coefficient (Wildman–Crippen LogP) is 7.99. The summed E-state index contributed by atoms with van der Waals surface area (Å²) in [7, 11) is 0. The number of hydrogen-bond donors (Lipinski definition) is 1. The molecule has 2 aromatic carbocycles. The van der Waals surface area contributed by atoms with Crippen LogP contribution >= 0.6 is 0 Å². The molecule has 1 aliphatic rings. The minimum Gasteiger partial charge on any atom is -0.488 e. The third-order valence-corrected chi connectivity index (χ3v) is 7.63. The van der Waals surface area contributed by atoms with E-state index in [0.29, 0.717) is 31.3 Å². The highest BCUT2D eigenvalue weighted by Crippen LogP contribution is 2.42. The van der Waals surface area contributed by atoms with Crippen molar-refractivity contribution >= 4 is 5.97 Å². The monoisotopic (exact) mass is 672 g/mol. The molecule has 0 saturated carbocycles. The zero-order valence-corrected chi connectivity index (χ0v) is 24.1. The minimum atomic E-state index is -5.15. The maximum atomic E-state index is 14.1. The lowest BCUT2D eigenvalue weighted by atomic mass is 9.97. The molecule has 0 aliphatic carbocycles. The maximum absolute atomic E-state index is 14.1. The van der Waals surface area contributed by atoms with Crippen LogP contribution in [0.15, 0.2) is 66.9 Å². The normalized spacial score (nSPS) is 16.1. The van der Waals surface area contributed by atoms with Crippen LogP contribution in [0.2, 0.25) is 0 Å². The maximum Gasteiger partial charge on any atom is 0.434 e. The van der Waals surface area contributed by atoms with E-state index in [1.165, 1.54) is 18.2 Å². The minimum absolute atomic E-state index is 0.00617. The fourth-order valence-electron chi connectivity index (χ4n) is 5.39. The lowest BCUT2D eigenvalue weighted by Crippen LogP contribution is -2.26. The van der Waals surface area contributed by atoms with Gasteiger partial charge in [-0.25, -0.2) is 14.5 Å². The van der Waals surface area contributed by atoms with E-state index >= 15 is 0 Å². The van der Waals surface area contributed by atoms with Gasteiger partial charge in [0.1, 0.15) is 17.9 Å². The molecule has 5 rings (SSSR count). The summed E-state index contributed by atoms with van der Waals surface area (Å²) < 4.78 is 127. The Kier molecular flexibility index (Phi) is 9.26. The van der Waals surface area contributed by atoms with Crippen molar-refractivity contribution in [1.29, 1.82) is 0 Å². The molecule has 7 nitrogen and oxygen atoms in total. The lowest BCUT2D eigenvalue weighted by molar-refractivity contribution is -0.143. The van der Waals surface area contributed by atoms with E-state index in [1.807, 2.05) is 0 Å². The number of alkyl halides is 9. The van der Waals surface area contributed by atoms with Crippen molar-refractivity contribution in [1.82, 2.24) is 19.7 Å². The van der Waals surface area contributed by atoms with E-state index in [9.17, 15) is 49.4 Å². The SMILES string of the molecule is O=C(O)c1cnn(-c2cccc(-c3cccc(C(F)(F)F)c3OCc3ccc([C@@H]4CCN(CCC(F)(F)F)C4)cc3)n2)c1C(F)(F)F. The van der Waals surface area contributed by atoms with Gasteiger partial charge in [-0.15, -0.1) is 0 Å². The second-order valence-electron chi connectivity index (χ2n) is 10.9. The first kappa shape index (κ1) is 33.8. The van der Waals surface area contributed by atoms with Crippen LogP contribution < -0.4 is 4.74 Å². The van der Waals surface area contributed by atoms with Gasteiger partial charge in [-0.2, -0.15) is 44.6 Å². The Morgan fingerprint density at radius 2 is 1.62 bits per heavy atom. The van der Waals surface area contributed by atoms with E-state index in [1.54, 1.807) is 29.2 Å². The molecule has 1 aliphatic heterocycles. The van der Waals surface area contributed by atoms with Crippen LogP contribution in [0.4, 0.5) is 39.5 Å². The Balaban J connectivity index is 1.40.